The normalized spacial score (nSPS) is 16.1. The Labute approximate surface area is 176 Å². The van der Waals surface area contributed by atoms with Crippen LogP contribution < -0.4 is 16.0 Å². The van der Waals surface area contributed by atoms with Crippen molar-refractivity contribution in [2.24, 2.45) is 0 Å². The van der Waals surface area contributed by atoms with Crippen LogP contribution >= 0.6 is 0 Å². The highest BCUT2D eigenvalue weighted by molar-refractivity contribution is 6.04. The zero-order valence-corrected chi connectivity index (χ0v) is 16.5. The third-order valence-corrected chi connectivity index (χ3v) is 4.63. The summed E-state index contributed by atoms with van der Waals surface area (Å²) in [6, 6.07) is 13.2. The van der Waals surface area contributed by atoms with E-state index in [1.165, 1.54) is 6.92 Å². The number of halogens is 3. The molecule has 0 saturated carbocycles. The predicted molar refractivity (Wildman–Crippen MR) is 106 cm³/mol. The lowest BCUT2D eigenvalue weighted by Gasteiger charge is -2.20. The number of nitrogens with one attached hydrogen (secondary N) is 3. The molecule has 0 aliphatic carbocycles. The Balaban J connectivity index is 1.70. The highest BCUT2D eigenvalue weighted by Gasteiger charge is 2.32. The molecule has 0 unspecified atom stereocenters. The summed E-state index contributed by atoms with van der Waals surface area (Å²) in [5.41, 5.74) is 2.68. The number of para-hydroxylation sites is 1. The van der Waals surface area contributed by atoms with E-state index in [0.29, 0.717) is 11.3 Å². The predicted octanol–water partition coefficient (Wildman–Crippen LogP) is 3.53. The zero-order chi connectivity index (χ0) is 22.6. The quantitative estimate of drug-likeness (QED) is 0.670. The Morgan fingerprint density at radius 3 is 2.45 bits per heavy atom. The Hall–Kier alpha value is -3.56. The number of anilines is 1. The molecule has 164 valence electrons. The summed E-state index contributed by atoms with van der Waals surface area (Å²) in [5, 5.41) is 7.25. The molecule has 7 nitrogen and oxygen atoms in total. The molecular formula is C21H20F3N3O4. The zero-order valence-electron chi connectivity index (χ0n) is 16.5. The molecule has 2 aromatic rings. The summed E-state index contributed by atoms with van der Waals surface area (Å²) >= 11 is 0. The van der Waals surface area contributed by atoms with Gasteiger partial charge in [0.2, 0.25) is 0 Å². The Morgan fingerprint density at radius 1 is 1.10 bits per heavy atom. The maximum absolute atomic E-state index is 12.8. The molecule has 0 spiro atoms. The van der Waals surface area contributed by atoms with Gasteiger partial charge in [0, 0.05) is 17.8 Å². The van der Waals surface area contributed by atoms with Crippen molar-refractivity contribution >= 4 is 23.6 Å². The lowest BCUT2D eigenvalue weighted by Crippen LogP contribution is -2.43. The van der Waals surface area contributed by atoms with Crippen LogP contribution in [0.4, 0.5) is 23.7 Å². The smallest absolute Gasteiger partial charge is 0.407 e. The Morgan fingerprint density at radius 2 is 1.74 bits per heavy atom. The molecule has 2 atom stereocenters. The minimum atomic E-state index is -4.42. The number of benzene rings is 2. The SMILES string of the molecule is C[C@H](OC(=O)NCCC(F)(F)F)C(=O)N[C@@H]1C(=O)Nc2ccccc2-c2ccccc21. The van der Waals surface area contributed by atoms with Crippen LogP contribution in [0, 0.1) is 0 Å². The standard InChI is InChI=1S/C21H20F3N3O4/c1-12(31-20(30)25-11-10-21(22,23)24)18(28)27-17-15-8-3-2-6-13(15)14-7-4-5-9-16(14)26-19(17)29/h2-9,12,17H,10-11H2,1H3,(H,25,30)(H,26,29)(H,27,28)/t12-,17-/m0/s1. The largest absolute Gasteiger partial charge is 0.436 e. The topological polar surface area (TPSA) is 96.5 Å². The van der Waals surface area contributed by atoms with E-state index in [-0.39, 0.29) is 0 Å². The fourth-order valence-corrected chi connectivity index (χ4v) is 3.13. The van der Waals surface area contributed by atoms with Crippen LogP contribution in [0.3, 0.4) is 0 Å². The van der Waals surface area contributed by atoms with Crippen LogP contribution in [-0.4, -0.2) is 36.7 Å². The first-order valence-electron chi connectivity index (χ1n) is 9.46. The van der Waals surface area contributed by atoms with Gasteiger partial charge in [-0.25, -0.2) is 4.79 Å². The lowest BCUT2D eigenvalue weighted by atomic mass is 9.95. The van der Waals surface area contributed by atoms with Crippen molar-refractivity contribution in [2.45, 2.75) is 31.7 Å². The summed E-state index contributed by atoms with van der Waals surface area (Å²) in [6.45, 7) is 0.585. The molecule has 2 aromatic carbocycles. The number of alkyl carbamates (subject to hydrolysis) is 1. The van der Waals surface area contributed by atoms with Crippen LogP contribution in [-0.2, 0) is 14.3 Å². The Kier molecular flexibility index (Phi) is 6.47. The van der Waals surface area contributed by atoms with E-state index in [0.717, 1.165) is 11.1 Å². The molecule has 0 fully saturated rings. The number of ether oxygens (including phenoxy) is 1. The summed E-state index contributed by atoms with van der Waals surface area (Å²) in [4.78, 5) is 37.0. The van der Waals surface area contributed by atoms with Gasteiger partial charge in [0.05, 0.1) is 6.42 Å². The molecule has 0 saturated heterocycles. The summed E-state index contributed by atoms with van der Waals surface area (Å²) in [6.07, 6.45) is -8.14. The van der Waals surface area contributed by atoms with Crippen molar-refractivity contribution in [1.29, 1.82) is 0 Å². The van der Waals surface area contributed by atoms with E-state index in [9.17, 15) is 27.6 Å². The summed E-state index contributed by atoms with van der Waals surface area (Å²) < 4.78 is 41.3. The van der Waals surface area contributed by atoms with Gasteiger partial charge in [-0.15, -0.1) is 0 Å². The first-order valence-corrected chi connectivity index (χ1v) is 9.46. The van der Waals surface area contributed by atoms with E-state index in [2.05, 4.69) is 10.6 Å². The van der Waals surface area contributed by atoms with Crippen molar-refractivity contribution < 1.29 is 32.3 Å². The van der Waals surface area contributed by atoms with Crippen molar-refractivity contribution in [1.82, 2.24) is 10.6 Å². The van der Waals surface area contributed by atoms with Gasteiger partial charge < -0.3 is 20.7 Å². The third-order valence-electron chi connectivity index (χ3n) is 4.63. The van der Waals surface area contributed by atoms with Gasteiger partial charge in [0.25, 0.3) is 11.8 Å². The number of carbonyl (C=O) groups is 3. The molecule has 0 aromatic heterocycles. The average molecular weight is 435 g/mol. The van der Waals surface area contributed by atoms with E-state index in [4.69, 9.17) is 4.74 Å². The van der Waals surface area contributed by atoms with Gasteiger partial charge in [-0.05, 0) is 24.1 Å². The number of fused-ring (bicyclic) bond motifs is 3. The molecule has 1 heterocycles. The maximum atomic E-state index is 12.8. The van der Waals surface area contributed by atoms with Gasteiger partial charge >= 0.3 is 12.3 Å². The number of hydrogen-bond acceptors (Lipinski definition) is 4. The van der Waals surface area contributed by atoms with Gasteiger partial charge in [-0.1, -0.05) is 42.5 Å². The summed E-state index contributed by atoms with van der Waals surface area (Å²) in [7, 11) is 0. The molecule has 3 amide bonds. The molecule has 3 N–H and O–H groups in total. The average Bonchev–Trinajstić information content (AvgIpc) is 2.82. The first kappa shape index (κ1) is 22.1. The minimum absolute atomic E-state index is 0.479. The molecule has 31 heavy (non-hydrogen) atoms. The van der Waals surface area contributed by atoms with Crippen LogP contribution in [0.5, 0.6) is 0 Å². The highest BCUT2D eigenvalue weighted by atomic mass is 19.4. The number of carbonyl (C=O) groups excluding carboxylic acids is 3. The highest BCUT2D eigenvalue weighted by Crippen LogP contribution is 2.37. The number of amides is 3. The second kappa shape index (κ2) is 9.07. The molecule has 0 radical (unpaired) electrons. The molecular weight excluding hydrogens is 415 g/mol. The second-order valence-corrected chi connectivity index (χ2v) is 6.90. The first-order chi connectivity index (χ1) is 14.7. The Bertz CT molecular complexity index is 994. The molecule has 1 aliphatic heterocycles. The monoisotopic (exact) mass is 435 g/mol. The fraction of sp³-hybridized carbons (Fsp3) is 0.286. The van der Waals surface area contributed by atoms with Crippen LogP contribution in [0.15, 0.2) is 48.5 Å². The number of alkyl halides is 3. The molecule has 10 heteroatoms. The van der Waals surface area contributed by atoms with E-state index in [1.807, 2.05) is 23.5 Å². The van der Waals surface area contributed by atoms with Crippen LogP contribution in [0.2, 0.25) is 0 Å². The van der Waals surface area contributed by atoms with Gasteiger partial charge in [-0.2, -0.15) is 13.2 Å². The van der Waals surface area contributed by atoms with Gasteiger partial charge in [0.1, 0.15) is 6.04 Å². The van der Waals surface area contributed by atoms with Gasteiger partial charge in [0.15, 0.2) is 6.10 Å². The van der Waals surface area contributed by atoms with Crippen molar-refractivity contribution in [2.75, 3.05) is 11.9 Å². The van der Waals surface area contributed by atoms with E-state index in [1.54, 1.807) is 30.3 Å². The van der Waals surface area contributed by atoms with Crippen molar-refractivity contribution in [3.63, 3.8) is 0 Å². The molecule has 3 rings (SSSR count). The molecule has 1 aliphatic rings. The van der Waals surface area contributed by atoms with Gasteiger partial charge in [-0.3, -0.25) is 9.59 Å². The minimum Gasteiger partial charge on any atom is -0.436 e. The third kappa shape index (κ3) is 5.53. The van der Waals surface area contributed by atoms with E-state index >= 15 is 0 Å². The number of rotatable bonds is 5. The van der Waals surface area contributed by atoms with Crippen LogP contribution in [0.25, 0.3) is 11.1 Å². The number of hydrogen-bond donors (Lipinski definition) is 3. The maximum Gasteiger partial charge on any atom is 0.407 e. The lowest BCUT2D eigenvalue weighted by molar-refractivity contribution is -0.134. The summed E-state index contributed by atoms with van der Waals surface area (Å²) in [5.74, 6) is -1.25. The van der Waals surface area contributed by atoms with E-state index < -0.39 is 49.2 Å². The van der Waals surface area contributed by atoms with Crippen molar-refractivity contribution in [3.8, 4) is 11.1 Å². The van der Waals surface area contributed by atoms with Crippen molar-refractivity contribution in [3.05, 3.63) is 54.1 Å². The second-order valence-electron chi connectivity index (χ2n) is 6.90. The van der Waals surface area contributed by atoms with Crippen LogP contribution in [0.1, 0.15) is 24.9 Å². The molecule has 0 bridgehead atoms. The fourth-order valence-electron chi connectivity index (χ4n) is 3.13.